The van der Waals surface area contributed by atoms with Gasteiger partial charge in [-0.25, -0.2) is 5.48 Å². The van der Waals surface area contributed by atoms with E-state index >= 15 is 0 Å². The van der Waals surface area contributed by atoms with Crippen molar-refractivity contribution >= 4 is 0 Å². The molecule has 0 aliphatic rings. The van der Waals surface area contributed by atoms with Crippen LogP contribution in [0.4, 0.5) is 0 Å². The summed E-state index contributed by atoms with van der Waals surface area (Å²) < 4.78 is 4.97. The van der Waals surface area contributed by atoms with Gasteiger partial charge in [0.2, 0.25) is 0 Å². The molecule has 0 bridgehead atoms. The molecular formula is C10H15NO3. The number of rotatable bonds is 4. The number of aromatic hydroxyl groups is 1. The van der Waals surface area contributed by atoms with Crippen LogP contribution in [0.5, 0.6) is 11.5 Å². The molecule has 1 aromatic rings. The third-order valence-electron chi connectivity index (χ3n) is 2.01. The summed E-state index contributed by atoms with van der Waals surface area (Å²) in [4.78, 5) is 0. The third-order valence-corrected chi connectivity index (χ3v) is 2.01. The van der Waals surface area contributed by atoms with E-state index in [9.17, 15) is 5.11 Å². The Morgan fingerprint density at radius 2 is 2.21 bits per heavy atom. The van der Waals surface area contributed by atoms with Crippen LogP contribution in [0.3, 0.4) is 0 Å². The molecule has 1 aromatic carbocycles. The number of hydrogen-bond donors (Lipinski definition) is 3. The monoisotopic (exact) mass is 197 g/mol. The number of phenols is 1. The molecule has 0 fully saturated rings. The van der Waals surface area contributed by atoms with E-state index in [-0.39, 0.29) is 11.8 Å². The number of hydrogen-bond acceptors (Lipinski definition) is 4. The summed E-state index contributed by atoms with van der Waals surface area (Å²) in [5, 5.41) is 18.0. The Labute approximate surface area is 83.1 Å². The lowest BCUT2D eigenvalue weighted by molar-refractivity contribution is 0.133. The minimum atomic E-state index is -0.0238. The molecule has 0 saturated carbocycles. The first-order valence-corrected chi connectivity index (χ1v) is 4.43. The zero-order valence-electron chi connectivity index (χ0n) is 8.32. The van der Waals surface area contributed by atoms with Crippen molar-refractivity contribution in [3.05, 3.63) is 23.8 Å². The highest BCUT2D eigenvalue weighted by atomic mass is 16.5. The van der Waals surface area contributed by atoms with Crippen molar-refractivity contribution in [2.24, 2.45) is 0 Å². The molecule has 0 amide bonds. The lowest BCUT2D eigenvalue weighted by Crippen LogP contribution is -2.24. The molecule has 1 rings (SSSR count). The van der Waals surface area contributed by atoms with Crippen molar-refractivity contribution in [1.29, 1.82) is 0 Å². The van der Waals surface area contributed by atoms with E-state index in [1.807, 2.05) is 6.92 Å². The van der Waals surface area contributed by atoms with E-state index in [0.717, 1.165) is 5.56 Å². The largest absolute Gasteiger partial charge is 0.504 e. The van der Waals surface area contributed by atoms with Gasteiger partial charge in [-0.3, -0.25) is 0 Å². The summed E-state index contributed by atoms with van der Waals surface area (Å²) in [7, 11) is 1.51. The maximum absolute atomic E-state index is 9.34. The van der Waals surface area contributed by atoms with Crippen LogP contribution in [-0.2, 0) is 6.42 Å². The molecule has 0 aliphatic heterocycles. The molecule has 0 aliphatic carbocycles. The quantitative estimate of drug-likeness (QED) is 0.637. The average molecular weight is 197 g/mol. The van der Waals surface area contributed by atoms with Crippen LogP contribution in [0, 0.1) is 0 Å². The molecule has 14 heavy (non-hydrogen) atoms. The van der Waals surface area contributed by atoms with Crippen molar-refractivity contribution in [1.82, 2.24) is 5.48 Å². The van der Waals surface area contributed by atoms with Gasteiger partial charge in [-0.15, -0.1) is 0 Å². The van der Waals surface area contributed by atoms with Gasteiger partial charge >= 0.3 is 0 Å². The number of hydroxylamine groups is 1. The minimum Gasteiger partial charge on any atom is -0.504 e. The fourth-order valence-electron chi connectivity index (χ4n) is 1.25. The molecule has 4 nitrogen and oxygen atoms in total. The van der Waals surface area contributed by atoms with E-state index < -0.39 is 0 Å². The van der Waals surface area contributed by atoms with E-state index in [1.165, 1.54) is 7.11 Å². The van der Waals surface area contributed by atoms with Crippen LogP contribution in [0.1, 0.15) is 12.5 Å². The van der Waals surface area contributed by atoms with Gasteiger partial charge in [0, 0.05) is 6.04 Å². The topological polar surface area (TPSA) is 61.7 Å². The molecule has 0 aromatic heterocycles. The van der Waals surface area contributed by atoms with Gasteiger partial charge in [-0.05, 0) is 31.0 Å². The van der Waals surface area contributed by atoms with Crippen molar-refractivity contribution in [3.63, 3.8) is 0 Å². The van der Waals surface area contributed by atoms with Gasteiger partial charge in [0.25, 0.3) is 0 Å². The first-order chi connectivity index (χ1) is 6.67. The predicted octanol–water partition coefficient (Wildman–Crippen LogP) is 1.31. The number of methoxy groups -OCH3 is 1. The second kappa shape index (κ2) is 4.83. The van der Waals surface area contributed by atoms with Crippen molar-refractivity contribution < 1.29 is 15.1 Å². The van der Waals surface area contributed by atoms with Gasteiger partial charge in [-0.1, -0.05) is 6.07 Å². The van der Waals surface area contributed by atoms with E-state index in [1.54, 1.807) is 18.2 Å². The Kier molecular flexibility index (Phi) is 3.73. The molecular weight excluding hydrogens is 182 g/mol. The fraction of sp³-hybridized carbons (Fsp3) is 0.400. The molecule has 1 atom stereocenters. The summed E-state index contributed by atoms with van der Waals surface area (Å²) in [5.41, 5.74) is 3.16. The van der Waals surface area contributed by atoms with Crippen LogP contribution in [0.25, 0.3) is 0 Å². The summed E-state index contributed by atoms with van der Waals surface area (Å²) in [6, 6.07) is 5.11. The van der Waals surface area contributed by atoms with Crippen LogP contribution in [0.15, 0.2) is 18.2 Å². The summed E-state index contributed by atoms with van der Waals surface area (Å²) in [6.45, 7) is 1.86. The van der Waals surface area contributed by atoms with Crippen molar-refractivity contribution in [3.8, 4) is 11.5 Å². The molecule has 0 unspecified atom stereocenters. The Morgan fingerprint density at radius 1 is 1.50 bits per heavy atom. The maximum Gasteiger partial charge on any atom is 0.160 e. The summed E-state index contributed by atoms with van der Waals surface area (Å²) >= 11 is 0. The highest BCUT2D eigenvalue weighted by Crippen LogP contribution is 2.26. The normalized spacial score (nSPS) is 12.5. The lowest BCUT2D eigenvalue weighted by Gasteiger charge is -2.10. The third kappa shape index (κ3) is 2.61. The molecule has 3 N–H and O–H groups in total. The molecule has 0 radical (unpaired) electrons. The second-order valence-electron chi connectivity index (χ2n) is 3.24. The van der Waals surface area contributed by atoms with Gasteiger partial charge in [-0.2, -0.15) is 0 Å². The molecule has 0 saturated heterocycles. The zero-order chi connectivity index (χ0) is 10.6. The first kappa shape index (κ1) is 10.8. The van der Waals surface area contributed by atoms with Crippen LogP contribution in [-0.4, -0.2) is 23.5 Å². The smallest absolute Gasteiger partial charge is 0.160 e. The molecule has 78 valence electrons. The van der Waals surface area contributed by atoms with Gasteiger partial charge in [0.05, 0.1) is 7.11 Å². The van der Waals surface area contributed by atoms with Crippen LogP contribution < -0.4 is 10.2 Å². The Hall–Kier alpha value is -1.26. The lowest BCUT2D eigenvalue weighted by atomic mass is 10.1. The number of benzene rings is 1. The van der Waals surface area contributed by atoms with E-state index in [4.69, 9.17) is 9.94 Å². The van der Waals surface area contributed by atoms with E-state index in [0.29, 0.717) is 12.2 Å². The van der Waals surface area contributed by atoms with Crippen molar-refractivity contribution in [2.75, 3.05) is 7.11 Å². The van der Waals surface area contributed by atoms with Crippen LogP contribution in [0.2, 0.25) is 0 Å². The second-order valence-corrected chi connectivity index (χ2v) is 3.24. The highest BCUT2D eigenvalue weighted by Gasteiger charge is 2.05. The van der Waals surface area contributed by atoms with E-state index in [2.05, 4.69) is 5.48 Å². The van der Waals surface area contributed by atoms with Crippen LogP contribution >= 0.6 is 0 Å². The number of ether oxygens (including phenoxy) is 1. The number of nitrogens with one attached hydrogen (secondary N) is 1. The van der Waals surface area contributed by atoms with Gasteiger partial charge in [0.15, 0.2) is 11.5 Å². The molecule has 4 heteroatoms. The van der Waals surface area contributed by atoms with Gasteiger partial charge < -0.3 is 15.1 Å². The number of phenolic OH excluding ortho intramolecular Hbond substituents is 1. The Morgan fingerprint density at radius 3 is 2.79 bits per heavy atom. The first-order valence-electron chi connectivity index (χ1n) is 4.43. The molecule has 0 heterocycles. The standard InChI is InChI=1S/C10H15NO3/c1-7(11-13)5-8-3-4-9(12)10(6-8)14-2/h3-4,6-7,11-13H,5H2,1-2H3/t7-/m1/s1. The minimum absolute atomic E-state index is 0.0238. The van der Waals surface area contributed by atoms with Crippen molar-refractivity contribution in [2.45, 2.75) is 19.4 Å². The average Bonchev–Trinajstić information content (AvgIpc) is 2.20. The Bertz CT molecular complexity index is 301. The predicted molar refractivity (Wildman–Crippen MR) is 52.7 cm³/mol. The Balaban J connectivity index is 2.79. The SMILES string of the molecule is COc1cc(C[C@@H](C)NO)ccc1O. The molecule has 0 spiro atoms. The maximum atomic E-state index is 9.34. The highest BCUT2D eigenvalue weighted by molar-refractivity contribution is 5.41. The fourth-order valence-corrected chi connectivity index (χ4v) is 1.25. The van der Waals surface area contributed by atoms with Gasteiger partial charge in [0.1, 0.15) is 0 Å². The zero-order valence-corrected chi connectivity index (χ0v) is 8.32. The summed E-state index contributed by atoms with van der Waals surface area (Å²) in [5.74, 6) is 0.577. The summed E-state index contributed by atoms with van der Waals surface area (Å²) in [6.07, 6.45) is 0.674.